The molecule has 3 rings (SSSR count). The Labute approximate surface area is 193 Å². The van der Waals surface area contributed by atoms with E-state index in [1.165, 1.54) is 18.0 Å². The number of carbonyl (C=O) groups excluding carboxylic acids is 1. The Bertz CT molecular complexity index is 1030. The molecule has 0 spiro atoms. The van der Waals surface area contributed by atoms with Crippen LogP contribution in [-0.2, 0) is 16.4 Å². The summed E-state index contributed by atoms with van der Waals surface area (Å²) in [4.78, 5) is 25.7. The van der Waals surface area contributed by atoms with Crippen molar-refractivity contribution in [3.05, 3.63) is 46.7 Å². The zero-order valence-corrected chi connectivity index (χ0v) is 20.3. The standard InChI is InChI=1S/C21H27ClN4O3S2/c1-4-10-30-21-23-12-18(22)19(24-21)20(27)26(17-9-11-31(28,29)14-17)13-15-5-7-16(8-6-15)25(2)3/h5-8,12,17H,4,9-11,13-14H2,1-3H3. The molecule has 1 amide bonds. The van der Waals surface area contributed by atoms with E-state index in [0.717, 1.165) is 23.4 Å². The normalized spacial score (nSPS) is 17.5. The lowest BCUT2D eigenvalue weighted by Gasteiger charge is -2.28. The van der Waals surface area contributed by atoms with Gasteiger partial charge < -0.3 is 9.80 Å². The molecule has 1 aromatic carbocycles. The molecule has 2 heterocycles. The average molecular weight is 483 g/mol. The van der Waals surface area contributed by atoms with Crippen molar-refractivity contribution in [1.29, 1.82) is 0 Å². The Hall–Kier alpha value is -1.84. The van der Waals surface area contributed by atoms with Crippen molar-refractivity contribution in [3.8, 4) is 0 Å². The van der Waals surface area contributed by atoms with Gasteiger partial charge in [0, 0.05) is 38.1 Å². The van der Waals surface area contributed by atoms with Crippen LogP contribution >= 0.6 is 23.4 Å². The lowest BCUT2D eigenvalue weighted by atomic mass is 10.1. The van der Waals surface area contributed by atoms with Gasteiger partial charge in [-0.25, -0.2) is 18.4 Å². The minimum absolute atomic E-state index is 0.0470. The predicted molar refractivity (Wildman–Crippen MR) is 126 cm³/mol. The van der Waals surface area contributed by atoms with Gasteiger partial charge in [-0.05, 0) is 30.5 Å². The molecule has 2 aromatic rings. The highest BCUT2D eigenvalue weighted by Crippen LogP contribution is 2.26. The van der Waals surface area contributed by atoms with Crippen molar-refractivity contribution in [1.82, 2.24) is 14.9 Å². The van der Waals surface area contributed by atoms with Gasteiger partial charge in [0.15, 0.2) is 20.7 Å². The van der Waals surface area contributed by atoms with Gasteiger partial charge in [-0.1, -0.05) is 42.4 Å². The van der Waals surface area contributed by atoms with Crippen LogP contribution in [0.25, 0.3) is 0 Å². The van der Waals surface area contributed by atoms with Gasteiger partial charge in [0.1, 0.15) is 0 Å². The van der Waals surface area contributed by atoms with Crippen molar-refractivity contribution in [3.63, 3.8) is 0 Å². The lowest BCUT2D eigenvalue weighted by molar-refractivity contribution is 0.0674. The fourth-order valence-corrected chi connectivity index (χ4v) is 5.96. The minimum atomic E-state index is -3.17. The Morgan fingerprint density at radius 1 is 1.26 bits per heavy atom. The number of sulfone groups is 1. The third kappa shape index (κ3) is 6.11. The molecule has 1 unspecified atom stereocenters. The molecule has 168 valence electrons. The van der Waals surface area contributed by atoms with E-state index in [4.69, 9.17) is 11.6 Å². The van der Waals surface area contributed by atoms with Crippen LogP contribution in [0.4, 0.5) is 5.69 Å². The van der Waals surface area contributed by atoms with Crippen LogP contribution in [0.1, 0.15) is 35.8 Å². The number of hydrogen-bond donors (Lipinski definition) is 0. The van der Waals surface area contributed by atoms with E-state index in [1.807, 2.05) is 43.3 Å². The number of halogens is 1. The van der Waals surface area contributed by atoms with Gasteiger partial charge >= 0.3 is 0 Å². The summed E-state index contributed by atoms with van der Waals surface area (Å²) in [6, 6.07) is 7.43. The molecule has 0 radical (unpaired) electrons. The van der Waals surface area contributed by atoms with Gasteiger partial charge in [0.05, 0.1) is 22.7 Å². The van der Waals surface area contributed by atoms with E-state index in [-0.39, 0.29) is 34.7 Å². The summed E-state index contributed by atoms with van der Waals surface area (Å²) in [5.41, 5.74) is 2.07. The molecule has 0 saturated carbocycles. The first-order chi connectivity index (χ1) is 14.7. The monoisotopic (exact) mass is 482 g/mol. The highest BCUT2D eigenvalue weighted by atomic mass is 35.5. The second kappa shape index (κ2) is 10.2. The number of carbonyl (C=O) groups is 1. The molecule has 0 bridgehead atoms. The van der Waals surface area contributed by atoms with E-state index in [1.54, 1.807) is 4.90 Å². The Morgan fingerprint density at radius 2 is 1.97 bits per heavy atom. The predicted octanol–water partition coefficient (Wildman–Crippen LogP) is 3.53. The fraction of sp³-hybridized carbons (Fsp3) is 0.476. The third-order valence-electron chi connectivity index (χ3n) is 5.08. The maximum Gasteiger partial charge on any atom is 0.274 e. The fourth-order valence-electron chi connectivity index (χ4n) is 3.38. The molecule has 0 aliphatic carbocycles. The molecule has 1 atom stereocenters. The molecular formula is C21H27ClN4O3S2. The number of benzene rings is 1. The smallest absolute Gasteiger partial charge is 0.274 e. The minimum Gasteiger partial charge on any atom is -0.378 e. The number of anilines is 1. The van der Waals surface area contributed by atoms with Crippen molar-refractivity contribution >= 4 is 44.8 Å². The van der Waals surface area contributed by atoms with Crippen molar-refractivity contribution in [2.45, 2.75) is 37.5 Å². The van der Waals surface area contributed by atoms with Crippen LogP contribution in [0, 0.1) is 0 Å². The van der Waals surface area contributed by atoms with E-state index in [2.05, 4.69) is 16.9 Å². The molecule has 1 fully saturated rings. The first kappa shape index (κ1) is 23.8. The average Bonchev–Trinajstić information content (AvgIpc) is 3.10. The van der Waals surface area contributed by atoms with Crippen LogP contribution in [-0.4, -0.2) is 66.6 Å². The number of aromatic nitrogens is 2. The molecular weight excluding hydrogens is 456 g/mol. The zero-order valence-electron chi connectivity index (χ0n) is 17.9. The summed E-state index contributed by atoms with van der Waals surface area (Å²) < 4.78 is 24.2. The third-order valence-corrected chi connectivity index (χ3v) is 8.17. The zero-order chi connectivity index (χ0) is 22.6. The molecule has 1 saturated heterocycles. The van der Waals surface area contributed by atoms with Crippen LogP contribution < -0.4 is 4.90 Å². The molecule has 0 N–H and O–H groups in total. The lowest BCUT2D eigenvalue weighted by Crippen LogP contribution is -2.41. The van der Waals surface area contributed by atoms with E-state index >= 15 is 0 Å². The van der Waals surface area contributed by atoms with E-state index in [9.17, 15) is 13.2 Å². The maximum absolute atomic E-state index is 13.5. The largest absolute Gasteiger partial charge is 0.378 e. The number of thioether (sulfide) groups is 1. The van der Waals surface area contributed by atoms with Gasteiger partial charge in [0.2, 0.25) is 0 Å². The van der Waals surface area contributed by atoms with Crippen LogP contribution in [0.5, 0.6) is 0 Å². The molecule has 1 aliphatic heterocycles. The quantitative estimate of drug-likeness (QED) is 0.420. The number of hydrogen-bond acceptors (Lipinski definition) is 7. The number of amides is 1. The Morgan fingerprint density at radius 3 is 2.55 bits per heavy atom. The first-order valence-electron chi connectivity index (χ1n) is 10.1. The topological polar surface area (TPSA) is 83.5 Å². The van der Waals surface area contributed by atoms with Gasteiger partial charge in [-0.2, -0.15) is 0 Å². The molecule has 1 aliphatic rings. The van der Waals surface area contributed by atoms with Crippen LogP contribution in [0.2, 0.25) is 5.02 Å². The van der Waals surface area contributed by atoms with Crippen LogP contribution in [0.3, 0.4) is 0 Å². The number of rotatable bonds is 8. The van der Waals surface area contributed by atoms with E-state index < -0.39 is 15.9 Å². The molecule has 10 heteroatoms. The first-order valence-corrected chi connectivity index (χ1v) is 13.3. The highest BCUT2D eigenvalue weighted by Gasteiger charge is 2.36. The number of nitrogens with zero attached hydrogens (tertiary/aromatic N) is 4. The summed E-state index contributed by atoms with van der Waals surface area (Å²) in [6.07, 6.45) is 2.80. The molecule has 7 nitrogen and oxygen atoms in total. The summed E-state index contributed by atoms with van der Waals surface area (Å²) >= 11 is 7.75. The maximum atomic E-state index is 13.5. The summed E-state index contributed by atoms with van der Waals surface area (Å²) in [5.74, 6) is 0.493. The highest BCUT2D eigenvalue weighted by molar-refractivity contribution is 7.99. The van der Waals surface area contributed by atoms with Gasteiger partial charge in [-0.15, -0.1) is 0 Å². The second-order valence-corrected chi connectivity index (χ2v) is 11.4. The van der Waals surface area contributed by atoms with Crippen molar-refractivity contribution in [2.24, 2.45) is 0 Å². The molecule has 31 heavy (non-hydrogen) atoms. The molecule has 1 aromatic heterocycles. The van der Waals surface area contributed by atoms with Crippen LogP contribution in [0.15, 0.2) is 35.6 Å². The van der Waals surface area contributed by atoms with Crippen molar-refractivity contribution < 1.29 is 13.2 Å². The summed E-state index contributed by atoms with van der Waals surface area (Å²) in [5, 5.41) is 0.656. The SMILES string of the molecule is CCCSc1ncc(Cl)c(C(=O)N(Cc2ccc(N(C)C)cc2)C2CCS(=O)(=O)C2)n1. The van der Waals surface area contributed by atoms with Crippen molar-refractivity contribution in [2.75, 3.05) is 36.3 Å². The van der Waals surface area contributed by atoms with Gasteiger partial charge in [0.25, 0.3) is 5.91 Å². The van der Waals surface area contributed by atoms with Gasteiger partial charge in [-0.3, -0.25) is 4.79 Å². The Kier molecular flexibility index (Phi) is 7.82. The second-order valence-electron chi connectivity index (χ2n) is 7.75. The Balaban J connectivity index is 1.91. The van der Waals surface area contributed by atoms with E-state index in [0.29, 0.717) is 11.6 Å². The summed E-state index contributed by atoms with van der Waals surface area (Å²) in [6.45, 7) is 2.34. The summed E-state index contributed by atoms with van der Waals surface area (Å²) in [7, 11) is 0.748.